The first-order valence-corrected chi connectivity index (χ1v) is 11.8. The number of ether oxygens (including phenoxy) is 2. The number of para-hydroxylation sites is 1. The summed E-state index contributed by atoms with van der Waals surface area (Å²) < 4.78 is 78.0. The zero-order valence-electron chi connectivity index (χ0n) is 18.5. The maximum Gasteiger partial charge on any atom is 0.416 e. The number of halogens is 4. The highest BCUT2D eigenvalue weighted by Gasteiger charge is 2.33. The maximum atomic E-state index is 13.6. The van der Waals surface area contributed by atoms with Gasteiger partial charge in [0.15, 0.2) is 11.5 Å². The minimum absolute atomic E-state index is 0.0816. The molecular weight excluding hydrogens is 509 g/mol. The van der Waals surface area contributed by atoms with Gasteiger partial charge < -0.3 is 14.8 Å². The van der Waals surface area contributed by atoms with Crippen molar-refractivity contribution in [3.8, 4) is 11.5 Å². The summed E-state index contributed by atoms with van der Waals surface area (Å²) in [6, 6.07) is 13.6. The van der Waals surface area contributed by atoms with E-state index in [0.717, 1.165) is 24.3 Å². The maximum absolute atomic E-state index is 13.6. The van der Waals surface area contributed by atoms with E-state index in [1.807, 2.05) is 0 Å². The Bertz CT molecular complexity index is 1330. The van der Waals surface area contributed by atoms with E-state index in [1.54, 1.807) is 12.1 Å². The Morgan fingerprint density at radius 1 is 0.971 bits per heavy atom. The van der Waals surface area contributed by atoms with Crippen LogP contribution in [0, 0.1) is 0 Å². The summed E-state index contributed by atoms with van der Waals surface area (Å²) in [6.07, 6.45) is -4.73. The average molecular weight is 529 g/mol. The Morgan fingerprint density at radius 2 is 1.66 bits per heavy atom. The second-order valence-electron chi connectivity index (χ2n) is 7.10. The first-order valence-electron chi connectivity index (χ1n) is 9.93. The van der Waals surface area contributed by atoms with Crippen LogP contribution in [-0.4, -0.2) is 35.1 Å². The van der Waals surface area contributed by atoms with Crippen LogP contribution in [0.25, 0.3) is 0 Å². The van der Waals surface area contributed by atoms with Crippen LogP contribution < -0.4 is 19.1 Å². The van der Waals surface area contributed by atoms with Gasteiger partial charge in [0.05, 0.1) is 41.1 Å². The number of nitrogens with one attached hydrogen (secondary N) is 1. The predicted octanol–water partition coefficient (Wildman–Crippen LogP) is 5.21. The van der Waals surface area contributed by atoms with Crippen LogP contribution in [0.2, 0.25) is 5.02 Å². The van der Waals surface area contributed by atoms with Gasteiger partial charge in [-0.1, -0.05) is 29.8 Å². The Kier molecular flexibility index (Phi) is 7.81. The highest BCUT2D eigenvalue weighted by molar-refractivity contribution is 7.92. The number of carbonyl (C=O) groups is 1. The molecule has 0 heterocycles. The molecule has 0 aliphatic heterocycles. The minimum atomic E-state index is -4.73. The van der Waals surface area contributed by atoms with Gasteiger partial charge in [0, 0.05) is 6.07 Å². The lowest BCUT2D eigenvalue weighted by Crippen LogP contribution is -2.38. The first kappa shape index (κ1) is 26.2. The molecule has 1 N–H and O–H groups in total. The van der Waals surface area contributed by atoms with Crippen molar-refractivity contribution in [2.45, 2.75) is 11.1 Å². The van der Waals surface area contributed by atoms with Gasteiger partial charge in [-0.05, 0) is 42.5 Å². The molecular formula is C23H20ClF3N2O5S. The van der Waals surface area contributed by atoms with Gasteiger partial charge >= 0.3 is 6.18 Å². The number of nitrogens with zero attached hydrogens (tertiary/aromatic N) is 1. The number of hydrogen-bond acceptors (Lipinski definition) is 5. The van der Waals surface area contributed by atoms with E-state index in [0.29, 0.717) is 10.4 Å². The van der Waals surface area contributed by atoms with E-state index >= 15 is 0 Å². The summed E-state index contributed by atoms with van der Waals surface area (Å²) in [5.74, 6) is -0.494. The van der Waals surface area contributed by atoms with Gasteiger partial charge in [-0.25, -0.2) is 8.42 Å². The highest BCUT2D eigenvalue weighted by atomic mass is 35.5. The lowest BCUT2D eigenvalue weighted by Gasteiger charge is -2.25. The topological polar surface area (TPSA) is 84.9 Å². The Hall–Kier alpha value is -3.44. The average Bonchev–Trinajstić information content (AvgIpc) is 2.83. The minimum Gasteiger partial charge on any atom is -0.493 e. The quantitative estimate of drug-likeness (QED) is 0.434. The third kappa shape index (κ3) is 5.98. The van der Waals surface area contributed by atoms with Gasteiger partial charge in [0.25, 0.3) is 10.0 Å². The number of sulfonamides is 1. The summed E-state index contributed by atoms with van der Waals surface area (Å²) in [5.41, 5.74) is -1.22. The van der Waals surface area contributed by atoms with Gasteiger partial charge in [-0.15, -0.1) is 0 Å². The number of hydrogen-bond donors (Lipinski definition) is 1. The van der Waals surface area contributed by atoms with Crippen molar-refractivity contribution in [1.29, 1.82) is 0 Å². The zero-order valence-corrected chi connectivity index (χ0v) is 20.0. The van der Waals surface area contributed by atoms with Crippen LogP contribution in [0.1, 0.15) is 5.56 Å². The number of benzene rings is 3. The largest absolute Gasteiger partial charge is 0.493 e. The summed E-state index contributed by atoms with van der Waals surface area (Å²) in [5, 5.41) is 2.68. The molecule has 0 aliphatic carbocycles. The number of anilines is 2. The fourth-order valence-corrected chi connectivity index (χ4v) is 4.75. The summed E-state index contributed by atoms with van der Waals surface area (Å²) in [6.45, 7) is -0.830. The van der Waals surface area contributed by atoms with Crippen molar-refractivity contribution in [3.63, 3.8) is 0 Å². The number of methoxy groups -OCH3 is 2. The molecule has 0 bridgehead atoms. The first-order chi connectivity index (χ1) is 16.5. The van der Waals surface area contributed by atoms with Gasteiger partial charge in [-0.2, -0.15) is 13.2 Å². The third-order valence-corrected chi connectivity index (χ3v) is 6.94. The second kappa shape index (κ2) is 10.4. The molecule has 7 nitrogen and oxygen atoms in total. The fourth-order valence-electron chi connectivity index (χ4n) is 3.14. The molecule has 0 radical (unpaired) electrons. The standard InChI is InChI=1S/C23H20ClF3N2O5S/c1-33-20-11-10-17(13-21(20)34-2)35(31,32)29(16-7-5-6-15(12-16)23(25,26)27)14-22(30)28-19-9-4-3-8-18(19)24/h3-13H,14H2,1-2H3,(H,28,30). The molecule has 0 saturated heterocycles. The van der Waals surface area contributed by atoms with Crippen LogP contribution in [0.5, 0.6) is 11.5 Å². The molecule has 0 atom stereocenters. The number of carbonyl (C=O) groups excluding carboxylic acids is 1. The molecule has 3 aromatic rings. The smallest absolute Gasteiger partial charge is 0.416 e. The van der Waals surface area contributed by atoms with Gasteiger partial charge in [0.2, 0.25) is 5.91 Å². The number of alkyl halides is 3. The van der Waals surface area contributed by atoms with Crippen molar-refractivity contribution in [2.24, 2.45) is 0 Å². The zero-order chi connectivity index (χ0) is 25.8. The second-order valence-corrected chi connectivity index (χ2v) is 9.37. The summed E-state index contributed by atoms with van der Waals surface area (Å²) in [4.78, 5) is 12.5. The molecule has 1 amide bonds. The van der Waals surface area contributed by atoms with Crippen LogP contribution in [-0.2, 0) is 21.0 Å². The van der Waals surface area contributed by atoms with E-state index in [1.165, 1.54) is 38.5 Å². The molecule has 0 spiro atoms. The van der Waals surface area contributed by atoms with E-state index in [4.69, 9.17) is 21.1 Å². The lowest BCUT2D eigenvalue weighted by molar-refractivity contribution is -0.137. The molecule has 0 aliphatic rings. The number of rotatable bonds is 8. The molecule has 12 heteroatoms. The van der Waals surface area contributed by atoms with E-state index < -0.39 is 34.2 Å². The van der Waals surface area contributed by atoms with Crippen LogP contribution >= 0.6 is 11.6 Å². The molecule has 186 valence electrons. The Morgan fingerprint density at radius 3 is 2.29 bits per heavy atom. The van der Waals surface area contributed by atoms with E-state index in [-0.39, 0.29) is 32.8 Å². The molecule has 0 fully saturated rings. The van der Waals surface area contributed by atoms with Crippen LogP contribution in [0.3, 0.4) is 0 Å². The van der Waals surface area contributed by atoms with Crippen molar-refractivity contribution in [2.75, 3.05) is 30.4 Å². The molecule has 0 aromatic heterocycles. The molecule has 0 unspecified atom stereocenters. The van der Waals surface area contributed by atoms with Crippen molar-refractivity contribution in [1.82, 2.24) is 0 Å². The predicted molar refractivity (Wildman–Crippen MR) is 126 cm³/mol. The van der Waals surface area contributed by atoms with E-state index in [9.17, 15) is 26.4 Å². The van der Waals surface area contributed by atoms with Crippen LogP contribution in [0.4, 0.5) is 24.5 Å². The number of amides is 1. The Labute approximate surface area is 205 Å². The SMILES string of the molecule is COc1ccc(S(=O)(=O)N(CC(=O)Nc2ccccc2Cl)c2cccc(C(F)(F)F)c2)cc1OC. The monoisotopic (exact) mass is 528 g/mol. The lowest BCUT2D eigenvalue weighted by atomic mass is 10.2. The van der Waals surface area contributed by atoms with Crippen LogP contribution in [0.15, 0.2) is 71.6 Å². The summed E-state index contributed by atoms with van der Waals surface area (Å²) >= 11 is 6.04. The van der Waals surface area contributed by atoms with Crippen molar-refractivity contribution < 1.29 is 35.9 Å². The molecule has 3 rings (SSSR count). The van der Waals surface area contributed by atoms with Gasteiger partial charge in [0.1, 0.15) is 6.54 Å². The molecule has 35 heavy (non-hydrogen) atoms. The van der Waals surface area contributed by atoms with E-state index in [2.05, 4.69) is 5.32 Å². The Balaban J connectivity index is 2.07. The highest BCUT2D eigenvalue weighted by Crippen LogP contribution is 2.35. The molecule has 3 aromatic carbocycles. The van der Waals surface area contributed by atoms with Crippen molar-refractivity contribution >= 4 is 38.9 Å². The third-order valence-electron chi connectivity index (χ3n) is 4.84. The fraction of sp³-hybridized carbons (Fsp3) is 0.174. The normalized spacial score (nSPS) is 11.6. The van der Waals surface area contributed by atoms with Gasteiger partial charge in [-0.3, -0.25) is 9.10 Å². The molecule has 0 saturated carbocycles. The summed E-state index contributed by atoms with van der Waals surface area (Å²) in [7, 11) is -1.87. The van der Waals surface area contributed by atoms with Crippen molar-refractivity contribution in [3.05, 3.63) is 77.3 Å².